The SMILES string of the molecule is Cc1cc(C(=O)C(C)S(C)(=O)=O)sc1Br. The highest BCUT2D eigenvalue weighted by Gasteiger charge is 2.26. The molecule has 1 aromatic heterocycles. The minimum atomic E-state index is -3.31. The molecule has 1 unspecified atom stereocenters. The maximum atomic E-state index is 11.8. The van der Waals surface area contributed by atoms with E-state index >= 15 is 0 Å². The van der Waals surface area contributed by atoms with Gasteiger partial charge in [0.05, 0.1) is 8.66 Å². The lowest BCUT2D eigenvalue weighted by Gasteiger charge is -2.05. The van der Waals surface area contributed by atoms with Gasteiger partial charge in [0.1, 0.15) is 5.25 Å². The van der Waals surface area contributed by atoms with Gasteiger partial charge in [0.2, 0.25) is 0 Å². The van der Waals surface area contributed by atoms with Crippen molar-refractivity contribution in [2.24, 2.45) is 0 Å². The minimum Gasteiger partial charge on any atom is -0.292 e. The van der Waals surface area contributed by atoms with Crippen molar-refractivity contribution >= 4 is 42.9 Å². The van der Waals surface area contributed by atoms with Gasteiger partial charge in [-0.05, 0) is 41.4 Å². The van der Waals surface area contributed by atoms with E-state index in [-0.39, 0.29) is 5.78 Å². The number of ketones is 1. The van der Waals surface area contributed by atoms with Crippen LogP contribution < -0.4 is 0 Å². The van der Waals surface area contributed by atoms with Crippen LogP contribution in [0.15, 0.2) is 9.85 Å². The van der Waals surface area contributed by atoms with Gasteiger partial charge in [-0.2, -0.15) is 0 Å². The third-order valence-electron chi connectivity index (χ3n) is 2.11. The van der Waals surface area contributed by atoms with E-state index in [2.05, 4.69) is 15.9 Å². The second-order valence-electron chi connectivity index (χ2n) is 3.40. The molecule has 0 radical (unpaired) electrons. The van der Waals surface area contributed by atoms with E-state index < -0.39 is 15.1 Å². The Hall–Kier alpha value is -0.200. The van der Waals surface area contributed by atoms with E-state index in [0.29, 0.717) is 4.88 Å². The molecule has 0 saturated carbocycles. The maximum absolute atomic E-state index is 11.8. The second-order valence-corrected chi connectivity index (χ2v) is 8.14. The summed E-state index contributed by atoms with van der Waals surface area (Å²) in [6, 6.07) is 1.71. The fraction of sp³-hybridized carbons (Fsp3) is 0.444. The van der Waals surface area contributed by atoms with E-state index in [1.165, 1.54) is 18.3 Å². The van der Waals surface area contributed by atoms with Gasteiger partial charge in [0.25, 0.3) is 0 Å². The molecule has 0 spiro atoms. The van der Waals surface area contributed by atoms with Crippen molar-refractivity contribution in [1.82, 2.24) is 0 Å². The molecule has 0 aliphatic rings. The van der Waals surface area contributed by atoms with E-state index in [1.807, 2.05) is 6.92 Å². The van der Waals surface area contributed by atoms with Crippen LogP contribution in [0.5, 0.6) is 0 Å². The van der Waals surface area contributed by atoms with Crippen LogP contribution in [0.4, 0.5) is 0 Å². The fourth-order valence-electron chi connectivity index (χ4n) is 0.976. The number of Topliss-reactive ketones (excluding diaryl/α,β-unsaturated/α-hetero) is 1. The monoisotopic (exact) mass is 310 g/mol. The Kier molecular flexibility index (Phi) is 3.73. The average Bonchev–Trinajstić information content (AvgIpc) is 2.43. The molecule has 6 heteroatoms. The molecule has 0 saturated heterocycles. The van der Waals surface area contributed by atoms with Gasteiger partial charge in [-0.15, -0.1) is 11.3 Å². The Bertz CT molecular complexity index is 468. The number of carbonyl (C=O) groups excluding carboxylic acids is 1. The molecule has 0 aliphatic carbocycles. The van der Waals surface area contributed by atoms with Crippen LogP contribution in [-0.4, -0.2) is 25.7 Å². The molecular weight excluding hydrogens is 300 g/mol. The van der Waals surface area contributed by atoms with Crippen LogP contribution in [0.3, 0.4) is 0 Å². The summed E-state index contributed by atoms with van der Waals surface area (Å²) < 4.78 is 23.3. The standard InChI is InChI=1S/C9H11BrO3S2/c1-5-4-7(14-9(5)10)8(11)6(2)15(3,12)13/h4,6H,1-3H3. The lowest BCUT2D eigenvalue weighted by molar-refractivity contribution is 0.0995. The van der Waals surface area contributed by atoms with Gasteiger partial charge in [-0.3, -0.25) is 4.79 Å². The van der Waals surface area contributed by atoms with Crippen LogP contribution in [0.2, 0.25) is 0 Å². The van der Waals surface area contributed by atoms with Crippen LogP contribution >= 0.6 is 27.3 Å². The van der Waals surface area contributed by atoms with Crippen molar-refractivity contribution in [3.8, 4) is 0 Å². The quantitative estimate of drug-likeness (QED) is 0.806. The summed E-state index contributed by atoms with van der Waals surface area (Å²) >= 11 is 4.57. The topological polar surface area (TPSA) is 51.2 Å². The lowest BCUT2D eigenvalue weighted by Crippen LogP contribution is -2.25. The molecule has 0 aliphatic heterocycles. The molecule has 1 atom stereocenters. The Morgan fingerprint density at radius 3 is 2.40 bits per heavy atom. The number of hydrogen-bond donors (Lipinski definition) is 0. The molecule has 1 rings (SSSR count). The number of carbonyl (C=O) groups is 1. The zero-order valence-corrected chi connectivity index (χ0v) is 11.8. The van der Waals surface area contributed by atoms with E-state index in [4.69, 9.17) is 0 Å². The summed E-state index contributed by atoms with van der Waals surface area (Å²) in [7, 11) is -3.31. The lowest BCUT2D eigenvalue weighted by atomic mass is 10.2. The first-order valence-corrected chi connectivity index (χ1v) is 7.79. The summed E-state index contributed by atoms with van der Waals surface area (Å²) in [5, 5.41) is -0.970. The molecule has 1 aromatic rings. The highest BCUT2D eigenvalue weighted by Crippen LogP contribution is 2.28. The van der Waals surface area contributed by atoms with Gasteiger partial charge in [-0.25, -0.2) is 8.42 Å². The largest absolute Gasteiger partial charge is 0.292 e. The Morgan fingerprint density at radius 1 is 1.53 bits per heavy atom. The van der Waals surface area contributed by atoms with Gasteiger partial charge in [0, 0.05) is 6.26 Å². The highest BCUT2D eigenvalue weighted by molar-refractivity contribution is 9.11. The number of thiophene rings is 1. The van der Waals surface area contributed by atoms with Crippen molar-refractivity contribution in [3.63, 3.8) is 0 Å². The van der Waals surface area contributed by atoms with Gasteiger partial charge in [0.15, 0.2) is 15.6 Å². The molecule has 0 amide bonds. The smallest absolute Gasteiger partial charge is 0.190 e. The van der Waals surface area contributed by atoms with Gasteiger partial charge >= 0.3 is 0 Å². The van der Waals surface area contributed by atoms with Gasteiger partial charge < -0.3 is 0 Å². The van der Waals surface area contributed by atoms with Crippen molar-refractivity contribution in [2.45, 2.75) is 19.1 Å². The van der Waals surface area contributed by atoms with Crippen LogP contribution in [0.1, 0.15) is 22.2 Å². The molecule has 0 aromatic carbocycles. The van der Waals surface area contributed by atoms with E-state index in [1.54, 1.807) is 6.07 Å². The average molecular weight is 311 g/mol. The maximum Gasteiger partial charge on any atom is 0.190 e. The first-order chi connectivity index (χ1) is 6.73. The fourth-order valence-corrected chi connectivity index (χ4v) is 3.13. The molecule has 0 fully saturated rings. The Morgan fingerprint density at radius 2 is 2.07 bits per heavy atom. The zero-order valence-electron chi connectivity index (χ0n) is 8.57. The Balaban J connectivity index is 3.06. The number of aryl methyl sites for hydroxylation is 1. The third-order valence-corrected chi connectivity index (χ3v) is 5.76. The van der Waals surface area contributed by atoms with Crippen molar-refractivity contribution in [3.05, 3.63) is 20.3 Å². The normalized spacial score (nSPS) is 13.9. The van der Waals surface area contributed by atoms with Gasteiger partial charge in [-0.1, -0.05) is 0 Å². The van der Waals surface area contributed by atoms with Crippen LogP contribution in [0.25, 0.3) is 0 Å². The molecule has 0 bridgehead atoms. The minimum absolute atomic E-state index is 0.337. The summed E-state index contributed by atoms with van der Waals surface area (Å²) in [4.78, 5) is 12.3. The first-order valence-electron chi connectivity index (χ1n) is 4.22. The van der Waals surface area contributed by atoms with Crippen LogP contribution in [0, 0.1) is 6.92 Å². The Labute approximate surface area is 102 Å². The highest BCUT2D eigenvalue weighted by atomic mass is 79.9. The second kappa shape index (κ2) is 4.35. The molecule has 1 heterocycles. The predicted molar refractivity (Wildman–Crippen MR) is 65.4 cm³/mol. The van der Waals surface area contributed by atoms with E-state index in [0.717, 1.165) is 15.6 Å². The van der Waals surface area contributed by atoms with Crippen molar-refractivity contribution < 1.29 is 13.2 Å². The molecule has 15 heavy (non-hydrogen) atoms. The predicted octanol–water partition coefficient (Wildman–Crippen LogP) is 2.43. The first kappa shape index (κ1) is 12.9. The summed E-state index contributed by atoms with van der Waals surface area (Å²) in [5.41, 5.74) is 0.948. The van der Waals surface area contributed by atoms with Crippen molar-refractivity contribution in [1.29, 1.82) is 0 Å². The van der Waals surface area contributed by atoms with Crippen molar-refractivity contribution in [2.75, 3.05) is 6.26 Å². The third kappa shape index (κ3) is 2.89. The number of halogens is 1. The van der Waals surface area contributed by atoms with Crippen LogP contribution in [-0.2, 0) is 9.84 Å². The number of rotatable bonds is 3. The summed E-state index contributed by atoms with van der Waals surface area (Å²) in [6.07, 6.45) is 1.07. The molecule has 0 N–H and O–H groups in total. The summed E-state index contributed by atoms with van der Waals surface area (Å²) in [5.74, 6) is -0.337. The van der Waals surface area contributed by atoms with E-state index in [9.17, 15) is 13.2 Å². The molecule has 84 valence electrons. The molecule has 3 nitrogen and oxygen atoms in total. The number of hydrogen-bond acceptors (Lipinski definition) is 4. The zero-order chi connectivity index (χ0) is 11.8. The molecular formula is C9H11BrO3S2. The summed E-state index contributed by atoms with van der Waals surface area (Å²) in [6.45, 7) is 3.28. The number of sulfone groups is 1.